The van der Waals surface area contributed by atoms with Crippen LogP contribution in [0.4, 0.5) is 0 Å². The van der Waals surface area contributed by atoms with Gasteiger partial charge < -0.3 is 19.9 Å². The lowest BCUT2D eigenvalue weighted by Gasteiger charge is -2.12. The lowest BCUT2D eigenvalue weighted by Crippen LogP contribution is -2.10. The third-order valence-electron chi connectivity index (χ3n) is 2.82. The summed E-state index contributed by atoms with van der Waals surface area (Å²) in [6.07, 6.45) is 1.08. The number of rotatable bonds is 9. The first-order valence-electron chi connectivity index (χ1n) is 6.75. The van der Waals surface area contributed by atoms with Gasteiger partial charge in [-0.2, -0.15) is 0 Å². The first-order valence-corrected chi connectivity index (χ1v) is 6.75. The normalized spacial score (nSPS) is 10.8. The fraction of sp³-hybridized carbons (Fsp3) is 0.600. The van der Waals surface area contributed by atoms with Gasteiger partial charge in [0, 0.05) is 24.8 Å². The van der Waals surface area contributed by atoms with Crippen LogP contribution in [0.25, 0.3) is 0 Å². The molecular formula is C15H25NO3. The number of nitrogens with two attached hydrogens (primary N) is 1. The van der Waals surface area contributed by atoms with Crippen LogP contribution in [-0.4, -0.2) is 26.9 Å². The molecule has 0 aliphatic rings. The standard InChI is InChI=1S/C15H25NO3/c1-12(2)6-7-18-8-9-19-15-10-14(17-3)5-4-13(15)11-16/h4-5,10,12H,6-9,11,16H2,1-3H3. The molecule has 0 bridgehead atoms. The molecule has 2 N–H and O–H groups in total. The molecule has 0 aromatic heterocycles. The van der Waals surface area contributed by atoms with E-state index in [0.717, 1.165) is 30.1 Å². The van der Waals surface area contributed by atoms with Crippen molar-refractivity contribution in [3.8, 4) is 11.5 Å². The van der Waals surface area contributed by atoms with Gasteiger partial charge in [-0.05, 0) is 18.4 Å². The summed E-state index contributed by atoms with van der Waals surface area (Å²) in [4.78, 5) is 0. The Morgan fingerprint density at radius 3 is 2.58 bits per heavy atom. The zero-order chi connectivity index (χ0) is 14.1. The molecular weight excluding hydrogens is 242 g/mol. The largest absolute Gasteiger partial charge is 0.497 e. The quantitative estimate of drug-likeness (QED) is 0.699. The zero-order valence-electron chi connectivity index (χ0n) is 12.1. The number of benzene rings is 1. The third kappa shape index (κ3) is 5.94. The predicted molar refractivity (Wildman–Crippen MR) is 76.7 cm³/mol. The average molecular weight is 267 g/mol. The molecule has 19 heavy (non-hydrogen) atoms. The summed E-state index contributed by atoms with van der Waals surface area (Å²) in [5.41, 5.74) is 6.65. The van der Waals surface area contributed by atoms with Crippen molar-refractivity contribution in [2.75, 3.05) is 26.9 Å². The van der Waals surface area contributed by atoms with Crippen molar-refractivity contribution >= 4 is 0 Å². The second-order valence-corrected chi connectivity index (χ2v) is 4.82. The summed E-state index contributed by atoms with van der Waals surface area (Å²) < 4.78 is 16.4. The van der Waals surface area contributed by atoms with Crippen LogP contribution in [0.2, 0.25) is 0 Å². The van der Waals surface area contributed by atoms with Crippen molar-refractivity contribution in [1.82, 2.24) is 0 Å². The first kappa shape index (κ1) is 15.8. The molecule has 108 valence electrons. The molecule has 1 aromatic rings. The van der Waals surface area contributed by atoms with Gasteiger partial charge in [-0.15, -0.1) is 0 Å². The van der Waals surface area contributed by atoms with Gasteiger partial charge >= 0.3 is 0 Å². The average Bonchev–Trinajstić information content (AvgIpc) is 2.42. The summed E-state index contributed by atoms with van der Waals surface area (Å²) >= 11 is 0. The van der Waals surface area contributed by atoms with Crippen LogP contribution >= 0.6 is 0 Å². The summed E-state index contributed by atoms with van der Waals surface area (Å²) in [7, 11) is 1.64. The van der Waals surface area contributed by atoms with Gasteiger partial charge in [-0.25, -0.2) is 0 Å². The van der Waals surface area contributed by atoms with E-state index in [1.165, 1.54) is 0 Å². The van der Waals surface area contributed by atoms with Gasteiger partial charge in [0.25, 0.3) is 0 Å². The molecule has 0 amide bonds. The van der Waals surface area contributed by atoms with Gasteiger partial charge in [0.1, 0.15) is 18.1 Å². The maximum atomic E-state index is 5.69. The van der Waals surface area contributed by atoms with Crippen molar-refractivity contribution < 1.29 is 14.2 Å². The van der Waals surface area contributed by atoms with E-state index in [9.17, 15) is 0 Å². The van der Waals surface area contributed by atoms with Crippen LogP contribution in [0.5, 0.6) is 11.5 Å². The van der Waals surface area contributed by atoms with E-state index in [1.54, 1.807) is 7.11 Å². The number of ether oxygens (including phenoxy) is 3. The van der Waals surface area contributed by atoms with Gasteiger partial charge in [-0.3, -0.25) is 0 Å². The molecule has 0 radical (unpaired) electrons. The molecule has 0 saturated carbocycles. The Labute approximate surface area is 115 Å². The molecule has 4 heteroatoms. The minimum absolute atomic E-state index is 0.452. The number of methoxy groups -OCH3 is 1. The van der Waals surface area contributed by atoms with Crippen LogP contribution in [0, 0.1) is 5.92 Å². The van der Waals surface area contributed by atoms with Gasteiger partial charge in [0.2, 0.25) is 0 Å². The maximum Gasteiger partial charge on any atom is 0.127 e. The molecule has 1 rings (SSSR count). The zero-order valence-corrected chi connectivity index (χ0v) is 12.1. The van der Waals surface area contributed by atoms with Gasteiger partial charge in [0.05, 0.1) is 13.7 Å². The monoisotopic (exact) mass is 267 g/mol. The van der Waals surface area contributed by atoms with Crippen LogP contribution in [-0.2, 0) is 11.3 Å². The second kappa shape index (κ2) is 8.77. The summed E-state index contributed by atoms with van der Waals surface area (Å²) in [6.45, 7) is 6.72. The Bertz CT molecular complexity index is 366. The van der Waals surface area contributed by atoms with Crippen molar-refractivity contribution in [1.29, 1.82) is 0 Å². The molecule has 0 fully saturated rings. The fourth-order valence-electron chi connectivity index (χ4n) is 1.60. The van der Waals surface area contributed by atoms with Crippen molar-refractivity contribution in [3.63, 3.8) is 0 Å². The van der Waals surface area contributed by atoms with E-state index in [4.69, 9.17) is 19.9 Å². The minimum atomic E-state index is 0.452. The van der Waals surface area contributed by atoms with E-state index in [1.807, 2.05) is 18.2 Å². The van der Waals surface area contributed by atoms with Crippen molar-refractivity contribution in [2.24, 2.45) is 11.7 Å². The molecule has 0 atom stereocenters. The van der Waals surface area contributed by atoms with Crippen molar-refractivity contribution in [3.05, 3.63) is 23.8 Å². The second-order valence-electron chi connectivity index (χ2n) is 4.82. The molecule has 0 heterocycles. The highest BCUT2D eigenvalue weighted by atomic mass is 16.5. The third-order valence-corrected chi connectivity index (χ3v) is 2.82. The van der Waals surface area contributed by atoms with E-state index >= 15 is 0 Å². The molecule has 1 aromatic carbocycles. The fourth-order valence-corrected chi connectivity index (χ4v) is 1.60. The van der Waals surface area contributed by atoms with E-state index < -0.39 is 0 Å². The summed E-state index contributed by atoms with van der Waals surface area (Å²) in [5.74, 6) is 2.21. The smallest absolute Gasteiger partial charge is 0.127 e. The van der Waals surface area contributed by atoms with Crippen LogP contribution < -0.4 is 15.2 Å². The minimum Gasteiger partial charge on any atom is -0.497 e. The number of hydrogen-bond acceptors (Lipinski definition) is 4. The highest BCUT2D eigenvalue weighted by Crippen LogP contribution is 2.24. The number of hydrogen-bond donors (Lipinski definition) is 1. The Morgan fingerprint density at radius 1 is 1.16 bits per heavy atom. The molecule has 0 saturated heterocycles. The molecule has 0 aliphatic carbocycles. The summed E-state index contributed by atoms with van der Waals surface area (Å²) in [5, 5.41) is 0. The van der Waals surface area contributed by atoms with Gasteiger partial charge in [-0.1, -0.05) is 19.9 Å². The van der Waals surface area contributed by atoms with E-state index in [0.29, 0.717) is 25.7 Å². The van der Waals surface area contributed by atoms with Crippen molar-refractivity contribution in [2.45, 2.75) is 26.8 Å². The SMILES string of the molecule is COc1ccc(CN)c(OCCOCCC(C)C)c1. The Kier molecular flexibility index (Phi) is 7.30. The Morgan fingerprint density at radius 2 is 1.95 bits per heavy atom. The lowest BCUT2D eigenvalue weighted by molar-refractivity contribution is 0.0922. The maximum absolute atomic E-state index is 5.69. The first-order chi connectivity index (χ1) is 9.17. The molecule has 4 nitrogen and oxygen atoms in total. The molecule has 0 spiro atoms. The predicted octanol–water partition coefficient (Wildman–Crippen LogP) is 2.60. The summed E-state index contributed by atoms with van der Waals surface area (Å²) in [6, 6.07) is 5.66. The highest BCUT2D eigenvalue weighted by molar-refractivity contribution is 5.40. The van der Waals surface area contributed by atoms with Crippen LogP contribution in [0.1, 0.15) is 25.8 Å². The van der Waals surface area contributed by atoms with Crippen LogP contribution in [0.3, 0.4) is 0 Å². The highest BCUT2D eigenvalue weighted by Gasteiger charge is 2.04. The molecule has 0 unspecified atom stereocenters. The lowest BCUT2D eigenvalue weighted by atomic mass is 10.1. The van der Waals surface area contributed by atoms with Gasteiger partial charge in [0.15, 0.2) is 0 Å². The van der Waals surface area contributed by atoms with E-state index in [-0.39, 0.29) is 0 Å². The Balaban J connectivity index is 2.35. The van der Waals surface area contributed by atoms with E-state index in [2.05, 4.69) is 13.8 Å². The molecule has 0 aliphatic heterocycles. The Hall–Kier alpha value is -1.26. The topological polar surface area (TPSA) is 53.7 Å². The van der Waals surface area contributed by atoms with Crippen LogP contribution in [0.15, 0.2) is 18.2 Å².